The molecule has 1 aliphatic heterocycles. The summed E-state index contributed by atoms with van der Waals surface area (Å²) in [6.07, 6.45) is 0. The highest BCUT2D eigenvalue weighted by atomic mass is 32.2. The second-order valence-corrected chi connectivity index (χ2v) is 8.60. The molecule has 1 amide bonds. The van der Waals surface area contributed by atoms with Gasteiger partial charge in [0.15, 0.2) is 0 Å². The van der Waals surface area contributed by atoms with Gasteiger partial charge in [0.25, 0.3) is 0 Å². The normalized spacial score (nSPS) is 15.8. The van der Waals surface area contributed by atoms with E-state index in [1.807, 2.05) is 47.0 Å². The Morgan fingerprint density at radius 3 is 2.52 bits per heavy atom. The molecule has 1 unspecified atom stereocenters. The number of carbonyl (C=O) groups excluding carboxylic acids is 1. The number of thioether (sulfide) groups is 2. The predicted octanol–water partition coefficient (Wildman–Crippen LogP) is 4.86. The van der Waals surface area contributed by atoms with E-state index in [1.165, 1.54) is 6.07 Å². The van der Waals surface area contributed by atoms with Gasteiger partial charge in [0.1, 0.15) is 5.82 Å². The highest BCUT2D eigenvalue weighted by Crippen LogP contribution is 2.31. The number of nitrogens with zero attached hydrogens (tertiary/aromatic N) is 1. The van der Waals surface area contributed by atoms with Crippen molar-refractivity contribution in [3.8, 4) is 11.1 Å². The topological polar surface area (TPSA) is 20.3 Å². The summed E-state index contributed by atoms with van der Waals surface area (Å²) in [5.74, 6) is 2.64. The monoisotopic (exact) mass is 375 g/mol. The van der Waals surface area contributed by atoms with Crippen LogP contribution in [0.5, 0.6) is 0 Å². The maximum atomic E-state index is 13.9. The Kier molecular flexibility index (Phi) is 6.43. The van der Waals surface area contributed by atoms with E-state index in [0.29, 0.717) is 11.3 Å². The second-order valence-electron chi connectivity index (χ2n) is 6.05. The molecule has 2 aromatic rings. The summed E-state index contributed by atoms with van der Waals surface area (Å²) in [6, 6.07) is 14.8. The lowest BCUT2D eigenvalue weighted by atomic mass is 10.0. The summed E-state index contributed by atoms with van der Waals surface area (Å²) in [4.78, 5) is 14.2. The third kappa shape index (κ3) is 4.79. The first-order valence-electron chi connectivity index (χ1n) is 8.47. The van der Waals surface area contributed by atoms with Crippen molar-refractivity contribution in [3.05, 3.63) is 59.9 Å². The van der Waals surface area contributed by atoms with Crippen molar-refractivity contribution < 1.29 is 9.18 Å². The van der Waals surface area contributed by atoms with E-state index in [-0.39, 0.29) is 17.0 Å². The lowest BCUT2D eigenvalue weighted by Gasteiger charge is -2.26. The van der Waals surface area contributed by atoms with Gasteiger partial charge in [0.2, 0.25) is 5.91 Å². The molecule has 1 saturated heterocycles. The largest absolute Gasteiger partial charge is 0.340 e. The van der Waals surface area contributed by atoms with Gasteiger partial charge in [0, 0.05) is 35.4 Å². The number of amides is 1. The lowest BCUT2D eigenvalue weighted by Crippen LogP contribution is -2.39. The van der Waals surface area contributed by atoms with Crippen molar-refractivity contribution in [2.45, 2.75) is 12.2 Å². The van der Waals surface area contributed by atoms with E-state index in [0.717, 1.165) is 35.7 Å². The SMILES string of the molecule is CC(SCC(=O)N1CCSCC1)c1ccc(-c2ccccc2F)cc1. The fourth-order valence-electron chi connectivity index (χ4n) is 2.83. The molecule has 1 atom stereocenters. The molecule has 0 aliphatic carbocycles. The molecular weight excluding hydrogens is 353 g/mol. The van der Waals surface area contributed by atoms with Crippen molar-refractivity contribution in [1.82, 2.24) is 4.90 Å². The van der Waals surface area contributed by atoms with Crippen molar-refractivity contribution in [3.63, 3.8) is 0 Å². The van der Waals surface area contributed by atoms with Crippen LogP contribution in [-0.2, 0) is 4.79 Å². The Hall–Kier alpha value is -1.46. The van der Waals surface area contributed by atoms with E-state index < -0.39 is 0 Å². The number of hydrogen-bond acceptors (Lipinski definition) is 3. The Labute approximate surface area is 157 Å². The van der Waals surface area contributed by atoms with Crippen LogP contribution in [0.1, 0.15) is 17.7 Å². The molecular formula is C20H22FNOS2. The van der Waals surface area contributed by atoms with E-state index in [2.05, 4.69) is 6.92 Å². The Bertz CT molecular complexity index is 714. The zero-order chi connectivity index (χ0) is 17.6. The average Bonchev–Trinajstić information content (AvgIpc) is 2.67. The zero-order valence-electron chi connectivity index (χ0n) is 14.3. The molecule has 2 nitrogen and oxygen atoms in total. The first kappa shape index (κ1) is 18.3. The van der Waals surface area contributed by atoms with Crippen molar-refractivity contribution >= 4 is 29.4 Å². The van der Waals surface area contributed by atoms with E-state index in [1.54, 1.807) is 23.9 Å². The molecule has 0 N–H and O–H groups in total. The Morgan fingerprint density at radius 1 is 1.16 bits per heavy atom. The van der Waals surface area contributed by atoms with Gasteiger partial charge in [-0.1, -0.05) is 42.5 Å². The molecule has 2 aromatic carbocycles. The van der Waals surface area contributed by atoms with E-state index in [4.69, 9.17) is 0 Å². The summed E-state index contributed by atoms with van der Waals surface area (Å²) in [5.41, 5.74) is 2.65. The Morgan fingerprint density at radius 2 is 1.84 bits per heavy atom. The van der Waals surface area contributed by atoms with Crippen LogP contribution in [0.3, 0.4) is 0 Å². The first-order valence-corrected chi connectivity index (χ1v) is 10.7. The van der Waals surface area contributed by atoms with Crippen LogP contribution in [0.2, 0.25) is 0 Å². The van der Waals surface area contributed by atoms with Crippen molar-refractivity contribution in [2.75, 3.05) is 30.3 Å². The number of halogens is 1. The van der Waals surface area contributed by atoms with Crippen LogP contribution in [-0.4, -0.2) is 41.2 Å². The molecule has 25 heavy (non-hydrogen) atoms. The molecule has 132 valence electrons. The molecule has 0 spiro atoms. The maximum absolute atomic E-state index is 13.9. The minimum Gasteiger partial charge on any atom is -0.340 e. The quantitative estimate of drug-likeness (QED) is 0.744. The van der Waals surface area contributed by atoms with Gasteiger partial charge in [0.05, 0.1) is 5.75 Å². The van der Waals surface area contributed by atoms with Crippen LogP contribution in [0.25, 0.3) is 11.1 Å². The fraction of sp³-hybridized carbons (Fsp3) is 0.350. The van der Waals surface area contributed by atoms with Crippen LogP contribution >= 0.6 is 23.5 Å². The van der Waals surface area contributed by atoms with Crippen molar-refractivity contribution in [1.29, 1.82) is 0 Å². The van der Waals surface area contributed by atoms with Gasteiger partial charge >= 0.3 is 0 Å². The van der Waals surface area contributed by atoms with Crippen LogP contribution < -0.4 is 0 Å². The molecule has 0 bridgehead atoms. The summed E-state index contributed by atoms with van der Waals surface area (Å²) >= 11 is 3.57. The standard InChI is InChI=1S/C20H22FNOS2/c1-15(25-14-20(23)22-10-12-24-13-11-22)16-6-8-17(9-7-16)18-4-2-3-5-19(18)21/h2-9,15H,10-14H2,1H3. The van der Waals surface area contributed by atoms with E-state index in [9.17, 15) is 9.18 Å². The van der Waals surface area contributed by atoms with Gasteiger partial charge in [-0.2, -0.15) is 11.8 Å². The predicted molar refractivity (Wildman–Crippen MR) is 107 cm³/mol. The summed E-state index contributed by atoms with van der Waals surface area (Å²) in [5, 5.41) is 0.234. The average molecular weight is 376 g/mol. The Balaban J connectivity index is 1.58. The third-order valence-electron chi connectivity index (χ3n) is 4.39. The molecule has 0 saturated carbocycles. The molecule has 1 aliphatic rings. The summed E-state index contributed by atoms with van der Waals surface area (Å²) in [7, 11) is 0. The minimum absolute atomic E-state index is 0.206. The summed E-state index contributed by atoms with van der Waals surface area (Å²) < 4.78 is 13.9. The number of hydrogen-bond donors (Lipinski definition) is 0. The third-order valence-corrected chi connectivity index (χ3v) is 6.51. The van der Waals surface area contributed by atoms with Crippen LogP contribution in [0.15, 0.2) is 48.5 Å². The highest BCUT2D eigenvalue weighted by molar-refractivity contribution is 8.00. The number of benzene rings is 2. The van der Waals surface area contributed by atoms with Crippen LogP contribution in [0, 0.1) is 5.82 Å². The fourth-order valence-corrected chi connectivity index (χ4v) is 4.65. The highest BCUT2D eigenvalue weighted by Gasteiger charge is 2.18. The van der Waals surface area contributed by atoms with Gasteiger partial charge < -0.3 is 4.90 Å². The van der Waals surface area contributed by atoms with Crippen molar-refractivity contribution in [2.24, 2.45) is 0 Å². The maximum Gasteiger partial charge on any atom is 0.232 e. The smallest absolute Gasteiger partial charge is 0.232 e. The molecule has 3 rings (SSSR count). The number of rotatable bonds is 5. The molecule has 1 heterocycles. The van der Waals surface area contributed by atoms with Gasteiger partial charge in [-0.3, -0.25) is 4.79 Å². The van der Waals surface area contributed by atoms with Gasteiger partial charge in [-0.05, 0) is 24.1 Å². The second kappa shape index (κ2) is 8.77. The number of carbonyl (C=O) groups is 1. The van der Waals surface area contributed by atoms with Crippen LogP contribution in [0.4, 0.5) is 4.39 Å². The molecule has 1 fully saturated rings. The lowest BCUT2D eigenvalue weighted by molar-refractivity contribution is -0.127. The molecule has 5 heteroatoms. The zero-order valence-corrected chi connectivity index (χ0v) is 15.9. The van der Waals surface area contributed by atoms with Gasteiger partial charge in [-0.25, -0.2) is 4.39 Å². The summed E-state index contributed by atoms with van der Waals surface area (Å²) in [6.45, 7) is 3.85. The molecule has 0 aromatic heterocycles. The first-order chi connectivity index (χ1) is 12.1. The van der Waals surface area contributed by atoms with Gasteiger partial charge in [-0.15, -0.1) is 11.8 Å². The van der Waals surface area contributed by atoms with E-state index >= 15 is 0 Å². The molecule has 0 radical (unpaired) electrons. The minimum atomic E-state index is -0.206.